The first-order valence-electron chi connectivity index (χ1n) is 8.42. The molecule has 0 atom stereocenters. The second-order valence-corrected chi connectivity index (χ2v) is 6.71. The summed E-state index contributed by atoms with van der Waals surface area (Å²) in [4.78, 5) is 11.7. The summed E-state index contributed by atoms with van der Waals surface area (Å²) < 4.78 is 9.15. The maximum atomic E-state index is 11.7. The van der Waals surface area contributed by atoms with Gasteiger partial charge >= 0.3 is 5.97 Å². The van der Waals surface area contributed by atoms with Crippen molar-refractivity contribution in [2.75, 3.05) is 12.4 Å². The van der Waals surface area contributed by atoms with E-state index < -0.39 is 0 Å². The number of rotatable bonds is 6. The van der Waals surface area contributed by atoms with Gasteiger partial charge in [-0.05, 0) is 24.6 Å². The zero-order chi connectivity index (χ0) is 17.9. The molecule has 26 heavy (non-hydrogen) atoms. The number of esters is 1. The molecule has 0 fully saturated rings. The summed E-state index contributed by atoms with van der Waals surface area (Å²) in [6.07, 6.45) is 0. The SMILES string of the molecule is CCOC(=O)CSc1nnc2n(Cc3ccccc3)c3ccccc3n12. The molecule has 0 N–H and O–H groups in total. The van der Waals surface area contributed by atoms with Crippen LogP contribution in [0.2, 0.25) is 0 Å². The summed E-state index contributed by atoms with van der Waals surface area (Å²) in [6.45, 7) is 2.89. The van der Waals surface area contributed by atoms with Crippen LogP contribution in [0, 0.1) is 0 Å². The van der Waals surface area contributed by atoms with Gasteiger partial charge in [0.15, 0.2) is 5.16 Å². The van der Waals surface area contributed by atoms with Crippen LogP contribution >= 0.6 is 11.8 Å². The molecule has 0 aliphatic carbocycles. The number of hydrogen-bond donors (Lipinski definition) is 0. The van der Waals surface area contributed by atoms with Gasteiger partial charge in [-0.2, -0.15) is 0 Å². The molecule has 132 valence electrons. The maximum absolute atomic E-state index is 11.7. The Morgan fingerprint density at radius 2 is 1.77 bits per heavy atom. The highest BCUT2D eigenvalue weighted by atomic mass is 32.2. The van der Waals surface area contributed by atoms with Crippen LogP contribution < -0.4 is 0 Å². The molecule has 0 aliphatic rings. The van der Waals surface area contributed by atoms with Crippen molar-refractivity contribution in [3.63, 3.8) is 0 Å². The fourth-order valence-electron chi connectivity index (χ4n) is 2.98. The van der Waals surface area contributed by atoms with E-state index in [0.717, 1.165) is 16.8 Å². The zero-order valence-electron chi connectivity index (χ0n) is 14.3. The van der Waals surface area contributed by atoms with E-state index >= 15 is 0 Å². The van der Waals surface area contributed by atoms with Gasteiger partial charge in [-0.25, -0.2) is 0 Å². The Balaban J connectivity index is 1.76. The summed E-state index contributed by atoms with van der Waals surface area (Å²) in [7, 11) is 0. The van der Waals surface area contributed by atoms with Crippen LogP contribution in [0.5, 0.6) is 0 Å². The highest BCUT2D eigenvalue weighted by molar-refractivity contribution is 7.99. The minimum Gasteiger partial charge on any atom is -0.465 e. The molecular weight excluding hydrogens is 348 g/mol. The highest BCUT2D eigenvalue weighted by Gasteiger charge is 2.18. The first-order chi connectivity index (χ1) is 12.8. The van der Waals surface area contributed by atoms with E-state index in [4.69, 9.17) is 4.74 Å². The third-order valence-corrected chi connectivity index (χ3v) is 4.98. The summed E-state index contributed by atoms with van der Waals surface area (Å²) in [5.74, 6) is 0.732. The molecule has 0 amide bonds. The van der Waals surface area contributed by atoms with Crippen molar-refractivity contribution in [3.05, 3.63) is 60.2 Å². The standard InChI is InChI=1S/C19H18N4O2S/c1-2-25-17(24)13-26-19-21-20-18-22(12-14-8-4-3-5-9-14)15-10-6-7-11-16(15)23(18)19/h3-11H,2,12-13H2,1H3. The Morgan fingerprint density at radius 1 is 1.04 bits per heavy atom. The Hall–Kier alpha value is -2.80. The van der Waals surface area contributed by atoms with Gasteiger partial charge in [0.05, 0.1) is 29.9 Å². The van der Waals surface area contributed by atoms with Crippen LogP contribution in [-0.4, -0.2) is 37.5 Å². The molecule has 0 unspecified atom stereocenters. The Morgan fingerprint density at radius 3 is 2.54 bits per heavy atom. The average molecular weight is 366 g/mol. The van der Waals surface area contributed by atoms with Gasteiger partial charge in [-0.3, -0.25) is 9.20 Å². The predicted molar refractivity (Wildman–Crippen MR) is 101 cm³/mol. The number of para-hydroxylation sites is 2. The van der Waals surface area contributed by atoms with Crippen molar-refractivity contribution in [3.8, 4) is 0 Å². The number of carbonyl (C=O) groups is 1. The molecule has 0 bridgehead atoms. The highest BCUT2D eigenvalue weighted by Crippen LogP contribution is 2.26. The number of imidazole rings is 1. The zero-order valence-corrected chi connectivity index (χ0v) is 15.1. The Labute approximate surface area is 154 Å². The second-order valence-electron chi connectivity index (χ2n) is 5.77. The summed E-state index contributed by atoms with van der Waals surface area (Å²) in [5, 5.41) is 9.36. The Kier molecular flexibility index (Phi) is 4.62. The van der Waals surface area contributed by atoms with Crippen LogP contribution in [0.3, 0.4) is 0 Å². The minimum absolute atomic E-state index is 0.215. The lowest BCUT2D eigenvalue weighted by molar-refractivity contribution is -0.139. The van der Waals surface area contributed by atoms with Crippen molar-refractivity contribution < 1.29 is 9.53 Å². The molecule has 4 rings (SSSR count). The van der Waals surface area contributed by atoms with Crippen molar-refractivity contribution in [1.82, 2.24) is 19.2 Å². The molecule has 0 saturated carbocycles. The number of thioether (sulfide) groups is 1. The number of aromatic nitrogens is 4. The predicted octanol–water partition coefficient (Wildman–Crippen LogP) is 3.39. The van der Waals surface area contributed by atoms with Gasteiger partial charge in [0.1, 0.15) is 0 Å². The molecular formula is C19H18N4O2S. The largest absolute Gasteiger partial charge is 0.465 e. The maximum Gasteiger partial charge on any atom is 0.316 e. The first kappa shape index (κ1) is 16.7. The van der Waals surface area contributed by atoms with Crippen LogP contribution in [-0.2, 0) is 16.1 Å². The number of nitrogens with zero attached hydrogens (tertiary/aromatic N) is 4. The van der Waals surface area contributed by atoms with E-state index in [1.54, 1.807) is 6.92 Å². The normalized spacial score (nSPS) is 11.3. The minimum atomic E-state index is -0.248. The van der Waals surface area contributed by atoms with Gasteiger partial charge in [0, 0.05) is 0 Å². The number of fused-ring (bicyclic) bond motifs is 3. The number of hydrogen-bond acceptors (Lipinski definition) is 5. The number of benzene rings is 2. The lowest BCUT2D eigenvalue weighted by Gasteiger charge is -2.04. The van der Waals surface area contributed by atoms with Crippen molar-refractivity contribution >= 4 is 34.5 Å². The van der Waals surface area contributed by atoms with E-state index in [0.29, 0.717) is 18.3 Å². The average Bonchev–Trinajstić information content (AvgIpc) is 3.21. The van der Waals surface area contributed by atoms with Crippen molar-refractivity contribution in [1.29, 1.82) is 0 Å². The van der Waals surface area contributed by atoms with Gasteiger partial charge < -0.3 is 9.30 Å². The molecule has 0 aliphatic heterocycles. The third kappa shape index (κ3) is 3.06. The van der Waals surface area contributed by atoms with E-state index in [1.165, 1.54) is 17.3 Å². The fraction of sp³-hybridized carbons (Fsp3) is 0.211. The Bertz CT molecular complexity index is 1060. The third-order valence-electron chi connectivity index (χ3n) is 4.08. The summed E-state index contributed by atoms with van der Waals surface area (Å²) in [5.41, 5.74) is 3.30. The van der Waals surface area contributed by atoms with Crippen LogP contribution in [0.1, 0.15) is 12.5 Å². The molecule has 7 heteroatoms. The van der Waals surface area contributed by atoms with Crippen molar-refractivity contribution in [2.45, 2.75) is 18.6 Å². The molecule has 4 aromatic rings. The van der Waals surface area contributed by atoms with Crippen LogP contribution in [0.25, 0.3) is 16.8 Å². The molecule has 0 saturated heterocycles. The monoisotopic (exact) mass is 366 g/mol. The molecule has 2 heterocycles. The quantitative estimate of drug-likeness (QED) is 0.387. The number of carbonyl (C=O) groups excluding carboxylic acids is 1. The summed E-state index contributed by atoms with van der Waals surface area (Å²) in [6, 6.07) is 18.4. The van der Waals surface area contributed by atoms with Gasteiger partial charge in [-0.1, -0.05) is 54.2 Å². The number of ether oxygens (including phenoxy) is 1. The first-order valence-corrected chi connectivity index (χ1v) is 9.41. The van der Waals surface area contributed by atoms with Gasteiger partial charge in [-0.15, -0.1) is 10.2 Å². The second kappa shape index (κ2) is 7.21. The molecule has 6 nitrogen and oxygen atoms in total. The van der Waals surface area contributed by atoms with E-state index in [2.05, 4.69) is 33.0 Å². The summed E-state index contributed by atoms with van der Waals surface area (Å²) >= 11 is 1.34. The lowest BCUT2D eigenvalue weighted by Crippen LogP contribution is -2.07. The van der Waals surface area contributed by atoms with Crippen LogP contribution in [0.15, 0.2) is 59.8 Å². The molecule has 2 aromatic heterocycles. The lowest BCUT2D eigenvalue weighted by atomic mass is 10.2. The topological polar surface area (TPSA) is 61.4 Å². The van der Waals surface area contributed by atoms with Gasteiger partial charge in [0.2, 0.25) is 5.78 Å². The molecule has 2 aromatic carbocycles. The van der Waals surface area contributed by atoms with E-state index in [9.17, 15) is 4.79 Å². The van der Waals surface area contributed by atoms with Crippen molar-refractivity contribution in [2.24, 2.45) is 0 Å². The van der Waals surface area contributed by atoms with Gasteiger partial charge in [0.25, 0.3) is 0 Å². The van der Waals surface area contributed by atoms with E-state index in [-0.39, 0.29) is 11.7 Å². The smallest absolute Gasteiger partial charge is 0.316 e. The van der Waals surface area contributed by atoms with Crippen LogP contribution in [0.4, 0.5) is 0 Å². The fourth-order valence-corrected chi connectivity index (χ4v) is 3.72. The molecule has 0 spiro atoms. The van der Waals surface area contributed by atoms with E-state index in [1.807, 2.05) is 40.8 Å². The molecule has 0 radical (unpaired) electrons.